The van der Waals surface area contributed by atoms with Gasteiger partial charge in [-0.1, -0.05) is 52.3 Å². The van der Waals surface area contributed by atoms with Gasteiger partial charge in [-0.2, -0.15) is 0 Å². The highest BCUT2D eigenvalue weighted by molar-refractivity contribution is 9.10. The van der Waals surface area contributed by atoms with Crippen molar-refractivity contribution in [3.8, 4) is 11.5 Å². The molecule has 0 aliphatic heterocycles. The third-order valence-electron chi connectivity index (χ3n) is 4.75. The molecule has 0 atom stereocenters. The summed E-state index contributed by atoms with van der Waals surface area (Å²) in [4.78, 5) is 24.5. The molecule has 0 amide bonds. The molecular formula is C26H25BrO5. The predicted octanol–water partition coefficient (Wildman–Crippen LogP) is 5.84. The van der Waals surface area contributed by atoms with E-state index in [1.165, 1.54) is 11.6 Å². The average Bonchev–Trinajstić information content (AvgIpc) is 2.76. The van der Waals surface area contributed by atoms with Crippen LogP contribution in [-0.4, -0.2) is 25.2 Å². The summed E-state index contributed by atoms with van der Waals surface area (Å²) >= 11 is 3.44. The topological polar surface area (TPSA) is 61.8 Å². The van der Waals surface area contributed by atoms with Crippen molar-refractivity contribution in [1.29, 1.82) is 0 Å². The van der Waals surface area contributed by atoms with E-state index in [9.17, 15) is 9.59 Å². The molecule has 0 fully saturated rings. The van der Waals surface area contributed by atoms with E-state index in [-0.39, 0.29) is 12.4 Å². The van der Waals surface area contributed by atoms with E-state index in [1.54, 1.807) is 18.2 Å². The monoisotopic (exact) mass is 496 g/mol. The zero-order chi connectivity index (χ0) is 22.9. The van der Waals surface area contributed by atoms with E-state index in [4.69, 9.17) is 14.2 Å². The van der Waals surface area contributed by atoms with Crippen LogP contribution in [0.4, 0.5) is 0 Å². The number of ether oxygens (including phenoxy) is 3. The second kappa shape index (κ2) is 11.5. The van der Waals surface area contributed by atoms with Gasteiger partial charge in [0.15, 0.2) is 6.61 Å². The van der Waals surface area contributed by atoms with Gasteiger partial charge in [-0.3, -0.25) is 0 Å². The minimum Gasteiger partial charge on any atom is -0.481 e. The number of aryl methyl sites for hydroxylation is 3. The normalized spacial score (nSPS) is 10.5. The summed E-state index contributed by atoms with van der Waals surface area (Å²) in [7, 11) is 0. The highest BCUT2D eigenvalue weighted by Gasteiger charge is 2.13. The van der Waals surface area contributed by atoms with Crippen molar-refractivity contribution in [2.24, 2.45) is 0 Å². The first-order valence-electron chi connectivity index (χ1n) is 10.3. The molecule has 3 aromatic carbocycles. The molecule has 0 bridgehead atoms. The number of halogens is 1. The van der Waals surface area contributed by atoms with Gasteiger partial charge in [0.1, 0.15) is 11.5 Å². The molecule has 0 unspecified atom stereocenters. The third-order valence-corrected chi connectivity index (χ3v) is 5.20. The minimum atomic E-state index is -0.555. The van der Waals surface area contributed by atoms with E-state index in [0.717, 1.165) is 28.4 Å². The van der Waals surface area contributed by atoms with Crippen molar-refractivity contribution in [1.82, 2.24) is 0 Å². The Hall–Kier alpha value is -3.12. The standard InChI is InChI=1S/C26H25BrO5/c1-18-14-22(27)15-19(2)25(18)31-17-24(28)32-23-12-6-11-21(16-23)26(29)30-13-7-10-20-8-4-3-5-9-20/h3-6,8-9,11-12,14-16H,7,10,13,17H2,1-2H3. The van der Waals surface area contributed by atoms with Crippen LogP contribution in [0.15, 0.2) is 71.2 Å². The van der Waals surface area contributed by atoms with Crippen LogP contribution in [0.3, 0.4) is 0 Å². The molecule has 0 aliphatic carbocycles. The molecule has 0 saturated heterocycles. The minimum absolute atomic E-state index is 0.239. The van der Waals surface area contributed by atoms with Crippen molar-refractivity contribution in [3.05, 3.63) is 93.5 Å². The largest absolute Gasteiger partial charge is 0.481 e. The molecule has 0 aromatic heterocycles. The number of benzene rings is 3. The Morgan fingerprint density at radius 1 is 0.906 bits per heavy atom. The maximum atomic E-state index is 12.3. The van der Waals surface area contributed by atoms with Crippen LogP contribution in [0.25, 0.3) is 0 Å². The van der Waals surface area contributed by atoms with Gasteiger partial charge >= 0.3 is 11.9 Å². The number of hydrogen-bond acceptors (Lipinski definition) is 5. The predicted molar refractivity (Wildman–Crippen MR) is 126 cm³/mol. The SMILES string of the molecule is Cc1cc(Br)cc(C)c1OCC(=O)Oc1cccc(C(=O)OCCCc2ccccc2)c1. The maximum Gasteiger partial charge on any atom is 0.349 e. The van der Waals surface area contributed by atoms with Gasteiger partial charge in [-0.25, -0.2) is 9.59 Å². The third kappa shape index (κ3) is 6.95. The Kier molecular flexibility index (Phi) is 8.45. The van der Waals surface area contributed by atoms with Crippen molar-refractivity contribution in [2.45, 2.75) is 26.7 Å². The van der Waals surface area contributed by atoms with Gasteiger partial charge in [0.05, 0.1) is 12.2 Å². The molecule has 166 valence electrons. The highest BCUT2D eigenvalue weighted by atomic mass is 79.9. The molecule has 0 saturated carbocycles. The Balaban J connectivity index is 1.48. The van der Waals surface area contributed by atoms with E-state index in [1.807, 2.05) is 56.3 Å². The lowest BCUT2D eigenvalue weighted by atomic mass is 10.1. The Bertz CT molecular complexity index is 1060. The van der Waals surface area contributed by atoms with Crippen LogP contribution in [0, 0.1) is 13.8 Å². The van der Waals surface area contributed by atoms with Crippen molar-refractivity contribution in [2.75, 3.05) is 13.2 Å². The van der Waals surface area contributed by atoms with Crippen LogP contribution in [0.1, 0.15) is 33.5 Å². The molecule has 3 aromatic rings. The summed E-state index contributed by atoms with van der Waals surface area (Å²) in [5.41, 5.74) is 3.37. The number of hydrogen-bond donors (Lipinski definition) is 0. The smallest absolute Gasteiger partial charge is 0.349 e. The number of rotatable bonds is 9. The summed E-state index contributed by atoms with van der Waals surface area (Å²) in [6.07, 6.45) is 1.57. The van der Waals surface area contributed by atoms with Crippen LogP contribution in [0.2, 0.25) is 0 Å². The fourth-order valence-electron chi connectivity index (χ4n) is 3.27. The first kappa shape index (κ1) is 23.5. The summed E-state index contributed by atoms with van der Waals surface area (Å²) in [5.74, 6) is -0.0898. The molecule has 6 heteroatoms. The molecular weight excluding hydrogens is 472 g/mol. The van der Waals surface area contributed by atoms with Crippen molar-refractivity contribution < 1.29 is 23.8 Å². The first-order chi connectivity index (χ1) is 15.4. The molecule has 32 heavy (non-hydrogen) atoms. The molecule has 0 N–H and O–H groups in total. The quantitative estimate of drug-likeness (QED) is 0.211. The molecule has 5 nitrogen and oxygen atoms in total. The van der Waals surface area contributed by atoms with E-state index >= 15 is 0 Å². The summed E-state index contributed by atoms with van der Waals surface area (Å²) in [6, 6.07) is 20.2. The van der Waals surface area contributed by atoms with E-state index in [2.05, 4.69) is 15.9 Å². The Labute approximate surface area is 196 Å². The van der Waals surface area contributed by atoms with Gasteiger partial charge < -0.3 is 14.2 Å². The number of esters is 2. The fourth-order valence-corrected chi connectivity index (χ4v) is 3.96. The van der Waals surface area contributed by atoms with Crippen LogP contribution >= 0.6 is 15.9 Å². The summed E-state index contributed by atoms with van der Waals surface area (Å²) in [5, 5.41) is 0. The van der Waals surface area contributed by atoms with Gasteiger partial charge in [0, 0.05) is 4.47 Å². The van der Waals surface area contributed by atoms with Gasteiger partial charge in [0.2, 0.25) is 0 Å². The second-order valence-corrected chi connectivity index (χ2v) is 8.30. The first-order valence-corrected chi connectivity index (χ1v) is 11.1. The van der Waals surface area contributed by atoms with Crippen molar-refractivity contribution in [3.63, 3.8) is 0 Å². The summed E-state index contributed by atoms with van der Waals surface area (Å²) in [6.45, 7) is 3.90. The van der Waals surface area contributed by atoms with Gasteiger partial charge in [-0.05, 0) is 73.7 Å². The number of carbonyl (C=O) groups is 2. The zero-order valence-corrected chi connectivity index (χ0v) is 19.7. The average molecular weight is 497 g/mol. The van der Waals surface area contributed by atoms with E-state index in [0.29, 0.717) is 17.9 Å². The highest BCUT2D eigenvalue weighted by Crippen LogP contribution is 2.27. The molecule has 3 rings (SSSR count). The zero-order valence-electron chi connectivity index (χ0n) is 18.1. The fraction of sp³-hybridized carbons (Fsp3) is 0.231. The number of carbonyl (C=O) groups excluding carboxylic acids is 2. The lowest BCUT2D eigenvalue weighted by Crippen LogP contribution is -2.18. The molecule has 0 aliphatic rings. The molecule has 0 spiro atoms. The van der Waals surface area contributed by atoms with Crippen LogP contribution in [0.5, 0.6) is 11.5 Å². The molecule has 0 heterocycles. The van der Waals surface area contributed by atoms with E-state index < -0.39 is 11.9 Å². The Morgan fingerprint density at radius 3 is 2.34 bits per heavy atom. The summed E-state index contributed by atoms with van der Waals surface area (Å²) < 4.78 is 17.3. The van der Waals surface area contributed by atoms with Gasteiger partial charge in [-0.15, -0.1) is 0 Å². The van der Waals surface area contributed by atoms with Crippen LogP contribution < -0.4 is 9.47 Å². The maximum absolute atomic E-state index is 12.3. The molecule has 0 radical (unpaired) electrons. The lowest BCUT2D eigenvalue weighted by molar-refractivity contribution is -0.136. The van der Waals surface area contributed by atoms with Crippen molar-refractivity contribution >= 4 is 27.9 Å². The second-order valence-electron chi connectivity index (χ2n) is 7.38. The van der Waals surface area contributed by atoms with Gasteiger partial charge in [0.25, 0.3) is 0 Å². The van der Waals surface area contributed by atoms with Crippen LogP contribution in [-0.2, 0) is 16.0 Å². The lowest BCUT2D eigenvalue weighted by Gasteiger charge is -2.12. The Morgan fingerprint density at radius 2 is 1.62 bits per heavy atom.